The van der Waals surface area contributed by atoms with E-state index in [1.165, 1.54) is 29.2 Å². The van der Waals surface area contributed by atoms with Crippen LogP contribution in [0.2, 0.25) is 0 Å². The lowest BCUT2D eigenvalue weighted by molar-refractivity contribution is -0.126. The van der Waals surface area contributed by atoms with Crippen molar-refractivity contribution in [3.05, 3.63) is 89.5 Å². The maximum absolute atomic E-state index is 12.3. The highest BCUT2D eigenvalue weighted by Crippen LogP contribution is 2.47. The molecule has 9 nitrogen and oxygen atoms in total. The Balaban J connectivity index is 1.12. The number of carbonyl (C=O) groups excluding carboxylic acids is 5. The summed E-state index contributed by atoms with van der Waals surface area (Å²) in [7, 11) is 1.57. The molecular formula is C38H45N3O6. The van der Waals surface area contributed by atoms with Gasteiger partial charge in [0.15, 0.2) is 0 Å². The summed E-state index contributed by atoms with van der Waals surface area (Å²) in [5.74, 6) is -0.479. The highest BCUT2D eigenvalue weighted by molar-refractivity contribution is 5.98. The van der Waals surface area contributed by atoms with E-state index in [1.807, 2.05) is 36.4 Å². The number of aryl methyl sites for hydroxylation is 1. The Bertz CT molecular complexity index is 1510. The molecule has 1 aliphatic carbocycles. The number of rotatable bonds is 18. The van der Waals surface area contributed by atoms with Crippen molar-refractivity contribution in [3.8, 4) is 11.1 Å². The van der Waals surface area contributed by atoms with Crippen molar-refractivity contribution >= 4 is 35.2 Å². The molecule has 4 rings (SSSR count). The number of alkyl carbamates (subject to hydrolysis) is 1. The maximum Gasteiger partial charge on any atom is 0.407 e. The van der Waals surface area contributed by atoms with E-state index in [-0.39, 0.29) is 54.7 Å². The van der Waals surface area contributed by atoms with E-state index in [0.29, 0.717) is 37.9 Å². The van der Waals surface area contributed by atoms with E-state index >= 15 is 0 Å². The van der Waals surface area contributed by atoms with E-state index in [0.717, 1.165) is 24.8 Å². The lowest BCUT2D eigenvalue weighted by atomic mass is 9.88. The number of ether oxygens (including phenoxy) is 1. The molecule has 3 N–H and O–H groups in total. The van der Waals surface area contributed by atoms with E-state index in [2.05, 4.69) is 40.2 Å². The molecule has 9 heteroatoms. The maximum atomic E-state index is 12.3. The second kappa shape index (κ2) is 17.8. The van der Waals surface area contributed by atoms with Gasteiger partial charge in [0.1, 0.15) is 17.7 Å². The minimum Gasteiger partial charge on any atom is -0.445 e. The van der Waals surface area contributed by atoms with Gasteiger partial charge in [0.25, 0.3) is 0 Å². The van der Waals surface area contributed by atoms with Crippen molar-refractivity contribution < 1.29 is 28.7 Å². The third kappa shape index (κ3) is 10.6. The Kier molecular flexibility index (Phi) is 13.3. The summed E-state index contributed by atoms with van der Waals surface area (Å²) < 4.78 is 5.90. The number of ketones is 2. The van der Waals surface area contributed by atoms with Crippen molar-refractivity contribution in [1.29, 1.82) is 0 Å². The van der Waals surface area contributed by atoms with Crippen molar-refractivity contribution in [2.24, 2.45) is 0 Å². The van der Waals surface area contributed by atoms with Crippen LogP contribution < -0.4 is 16.0 Å². The fraction of sp³-hybridized carbons (Fsp3) is 0.395. The zero-order chi connectivity index (χ0) is 33.6. The van der Waals surface area contributed by atoms with Crippen LogP contribution in [-0.2, 0) is 30.3 Å². The van der Waals surface area contributed by atoms with E-state index < -0.39 is 6.09 Å². The Morgan fingerprint density at radius 1 is 0.745 bits per heavy atom. The van der Waals surface area contributed by atoms with Crippen LogP contribution in [-0.4, -0.2) is 49.2 Å². The topological polar surface area (TPSA) is 131 Å². The number of anilines is 1. The highest BCUT2D eigenvalue weighted by Gasteiger charge is 2.36. The average Bonchev–Trinajstić information content (AvgIpc) is 3.39. The monoisotopic (exact) mass is 639 g/mol. The first-order valence-electron chi connectivity index (χ1n) is 16.5. The lowest BCUT2D eigenvalue weighted by Crippen LogP contribution is -2.30. The molecule has 3 amide bonds. The molecule has 1 unspecified atom stereocenters. The molecule has 47 heavy (non-hydrogen) atoms. The minimum absolute atomic E-state index is 0.0303. The predicted molar refractivity (Wildman–Crippen MR) is 182 cm³/mol. The second-order valence-corrected chi connectivity index (χ2v) is 12.1. The second-order valence-electron chi connectivity index (χ2n) is 12.1. The molecule has 0 radical (unpaired) electrons. The van der Waals surface area contributed by atoms with Gasteiger partial charge in [0, 0.05) is 44.5 Å². The molecule has 1 atom stereocenters. The molecule has 3 aromatic carbocycles. The van der Waals surface area contributed by atoms with Gasteiger partial charge in [-0.2, -0.15) is 0 Å². The molecule has 0 heterocycles. The number of fused-ring (bicyclic) bond motifs is 3. The van der Waals surface area contributed by atoms with Crippen LogP contribution in [0.4, 0.5) is 10.5 Å². The molecule has 248 valence electrons. The van der Waals surface area contributed by atoms with Gasteiger partial charge in [0.2, 0.25) is 11.8 Å². The number of amides is 3. The fourth-order valence-electron chi connectivity index (χ4n) is 6.09. The van der Waals surface area contributed by atoms with Crippen LogP contribution in [0, 0.1) is 0 Å². The zero-order valence-corrected chi connectivity index (χ0v) is 27.3. The summed E-state index contributed by atoms with van der Waals surface area (Å²) in [5.41, 5.74) is 6.33. The predicted octanol–water partition coefficient (Wildman–Crippen LogP) is 6.49. The SMILES string of the molecule is CNC(=O)OC(CCCCCNC(=O)CCCC(=O)Nc1ccc(CCC(=O)CC(C)=O)cc1)C1c2ccccc2-c2ccccc21. The third-order valence-corrected chi connectivity index (χ3v) is 8.39. The lowest BCUT2D eigenvalue weighted by Gasteiger charge is -2.25. The number of unbranched alkanes of at least 4 members (excludes halogenated alkanes) is 2. The molecule has 0 saturated carbocycles. The molecule has 0 fully saturated rings. The number of Topliss-reactive ketones (excluding diaryl/α,β-unsaturated/α-hetero) is 2. The molecule has 0 spiro atoms. The van der Waals surface area contributed by atoms with Gasteiger partial charge in [-0.15, -0.1) is 0 Å². The summed E-state index contributed by atoms with van der Waals surface area (Å²) >= 11 is 0. The van der Waals surface area contributed by atoms with Gasteiger partial charge in [0.05, 0.1) is 6.42 Å². The van der Waals surface area contributed by atoms with Crippen LogP contribution in [0.25, 0.3) is 11.1 Å². The van der Waals surface area contributed by atoms with E-state index in [4.69, 9.17) is 4.74 Å². The first-order chi connectivity index (χ1) is 22.7. The van der Waals surface area contributed by atoms with Crippen molar-refractivity contribution in [2.75, 3.05) is 18.9 Å². The van der Waals surface area contributed by atoms with E-state index in [1.54, 1.807) is 19.2 Å². The molecule has 0 bridgehead atoms. The van der Waals surface area contributed by atoms with Gasteiger partial charge in [-0.1, -0.05) is 67.1 Å². The fourth-order valence-corrected chi connectivity index (χ4v) is 6.09. The Morgan fingerprint density at radius 3 is 2.02 bits per heavy atom. The van der Waals surface area contributed by atoms with Crippen LogP contribution in [0.5, 0.6) is 0 Å². The third-order valence-electron chi connectivity index (χ3n) is 8.39. The van der Waals surface area contributed by atoms with Crippen LogP contribution >= 0.6 is 0 Å². The number of hydrogen-bond acceptors (Lipinski definition) is 6. The molecule has 0 aliphatic heterocycles. The van der Waals surface area contributed by atoms with Crippen molar-refractivity contribution in [1.82, 2.24) is 10.6 Å². The summed E-state index contributed by atoms with van der Waals surface area (Å²) in [5, 5.41) is 8.37. The standard InChI is InChI=1S/C38H45N3O6/c1-26(42)25-29(43)23-20-27-18-21-28(22-19-27)41-36(45)17-10-16-35(44)40-24-9-3-4-15-34(47-38(46)39-2)37-32-13-7-5-11-30(32)31-12-6-8-14-33(31)37/h5-8,11-14,18-19,21-22,34,37H,3-4,9-10,15-17,20,23-25H2,1-2H3,(H,39,46)(H,40,44)(H,41,45). The summed E-state index contributed by atoms with van der Waals surface area (Å²) in [6, 6.07) is 23.9. The van der Waals surface area contributed by atoms with Crippen LogP contribution in [0.1, 0.15) is 87.3 Å². The van der Waals surface area contributed by atoms with Crippen LogP contribution in [0.15, 0.2) is 72.8 Å². The highest BCUT2D eigenvalue weighted by atomic mass is 16.6. The van der Waals surface area contributed by atoms with Gasteiger partial charge >= 0.3 is 6.09 Å². The van der Waals surface area contributed by atoms with Crippen molar-refractivity contribution in [3.63, 3.8) is 0 Å². The van der Waals surface area contributed by atoms with Gasteiger partial charge in [-0.3, -0.25) is 19.2 Å². The van der Waals surface area contributed by atoms with Gasteiger partial charge in [-0.05, 0) is 79.0 Å². The van der Waals surface area contributed by atoms with Crippen LogP contribution in [0.3, 0.4) is 0 Å². The number of nitrogens with one attached hydrogen (secondary N) is 3. The molecule has 0 aromatic heterocycles. The summed E-state index contributed by atoms with van der Waals surface area (Å²) in [6.07, 6.45) is 4.24. The Hall–Kier alpha value is -4.79. The van der Waals surface area contributed by atoms with Gasteiger partial charge < -0.3 is 20.7 Å². The molecule has 3 aromatic rings. The Morgan fingerprint density at radius 2 is 1.38 bits per heavy atom. The molecule has 0 saturated heterocycles. The smallest absolute Gasteiger partial charge is 0.407 e. The first kappa shape index (κ1) is 35.1. The summed E-state index contributed by atoms with van der Waals surface area (Å²) in [4.78, 5) is 59.8. The quantitative estimate of drug-likeness (QED) is 0.108. The number of carbonyl (C=O) groups is 5. The first-order valence-corrected chi connectivity index (χ1v) is 16.5. The average molecular weight is 640 g/mol. The van der Waals surface area contributed by atoms with Gasteiger partial charge in [-0.25, -0.2) is 4.79 Å². The normalized spacial score (nSPS) is 12.4. The number of benzene rings is 3. The van der Waals surface area contributed by atoms with E-state index in [9.17, 15) is 24.0 Å². The molecule has 1 aliphatic rings. The zero-order valence-electron chi connectivity index (χ0n) is 27.3. The van der Waals surface area contributed by atoms with Crippen molar-refractivity contribution in [2.45, 2.75) is 83.2 Å². The summed E-state index contributed by atoms with van der Waals surface area (Å²) in [6.45, 7) is 1.96. The number of hydrogen-bond donors (Lipinski definition) is 3. The minimum atomic E-state index is -0.442. The molecular weight excluding hydrogens is 594 g/mol. The Labute approximate surface area is 276 Å². The largest absolute Gasteiger partial charge is 0.445 e.